The standard InChI is InChI=1S/C11H23N3OS/c1-13(2)7-9-6-10(15)8-14(9)5-3-4-11(12)16/h9-10,15H,3-8H2,1-2H3,(H2,12,16). The molecule has 4 nitrogen and oxygen atoms in total. The fraction of sp³-hybridized carbons (Fsp3) is 0.909. The third-order valence-electron chi connectivity index (χ3n) is 2.95. The van der Waals surface area contributed by atoms with Gasteiger partial charge in [0.2, 0.25) is 0 Å². The van der Waals surface area contributed by atoms with Crippen molar-refractivity contribution in [1.82, 2.24) is 9.80 Å². The van der Waals surface area contributed by atoms with Crippen molar-refractivity contribution in [3.8, 4) is 0 Å². The Morgan fingerprint density at radius 3 is 2.81 bits per heavy atom. The predicted octanol–water partition coefficient (Wildman–Crippen LogP) is 0.0495. The van der Waals surface area contributed by atoms with Gasteiger partial charge in [0, 0.05) is 19.1 Å². The minimum Gasteiger partial charge on any atom is -0.393 e. The van der Waals surface area contributed by atoms with E-state index in [1.807, 2.05) is 0 Å². The molecule has 3 N–H and O–H groups in total. The van der Waals surface area contributed by atoms with Crippen LogP contribution in [0.5, 0.6) is 0 Å². The van der Waals surface area contributed by atoms with E-state index in [-0.39, 0.29) is 6.10 Å². The second kappa shape index (κ2) is 6.49. The zero-order chi connectivity index (χ0) is 12.1. The van der Waals surface area contributed by atoms with Gasteiger partial charge in [0.15, 0.2) is 0 Å². The van der Waals surface area contributed by atoms with Crippen molar-refractivity contribution in [1.29, 1.82) is 0 Å². The summed E-state index contributed by atoms with van der Waals surface area (Å²) in [7, 11) is 4.13. The molecule has 1 aliphatic heterocycles. The number of aliphatic hydroxyl groups is 1. The Balaban J connectivity index is 2.34. The number of nitrogens with zero attached hydrogens (tertiary/aromatic N) is 2. The first-order valence-electron chi connectivity index (χ1n) is 5.84. The lowest BCUT2D eigenvalue weighted by Gasteiger charge is -2.26. The predicted molar refractivity (Wildman–Crippen MR) is 70.6 cm³/mol. The molecule has 0 radical (unpaired) electrons. The van der Waals surface area contributed by atoms with Crippen LogP contribution in [0.25, 0.3) is 0 Å². The molecule has 5 heteroatoms. The molecule has 1 fully saturated rings. The lowest BCUT2D eigenvalue weighted by molar-refractivity contribution is 0.172. The molecule has 0 aromatic heterocycles. The van der Waals surface area contributed by atoms with E-state index in [0.29, 0.717) is 11.0 Å². The van der Waals surface area contributed by atoms with Crippen molar-refractivity contribution in [3.05, 3.63) is 0 Å². The van der Waals surface area contributed by atoms with E-state index in [1.54, 1.807) is 0 Å². The lowest BCUT2D eigenvalue weighted by atomic mass is 10.2. The molecule has 0 amide bonds. The van der Waals surface area contributed by atoms with Crippen LogP contribution in [0.1, 0.15) is 19.3 Å². The van der Waals surface area contributed by atoms with Crippen LogP contribution in [0.3, 0.4) is 0 Å². The number of aliphatic hydroxyl groups excluding tert-OH is 1. The summed E-state index contributed by atoms with van der Waals surface area (Å²) in [6.45, 7) is 2.77. The number of rotatable bonds is 6. The van der Waals surface area contributed by atoms with E-state index < -0.39 is 0 Å². The van der Waals surface area contributed by atoms with E-state index in [9.17, 15) is 5.11 Å². The van der Waals surface area contributed by atoms with Crippen molar-refractivity contribution in [2.45, 2.75) is 31.4 Å². The Morgan fingerprint density at radius 1 is 1.56 bits per heavy atom. The molecular formula is C11H23N3OS. The largest absolute Gasteiger partial charge is 0.393 e. The van der Waals surface area contributed by atoms with Crippen molar-refractivity contribution in [2.75, 3.05) is 33.7 Å². The van der Waals surface area contributed by atoms with Gasteiger partial charge in [-0.2, -0.15) is 0 Å². The summed E-state index contributed by atoms with van der Waals surface area (Å²) in [5.41, 5.74) is 5.48. The Hall–Kier alpha value is -0.230. The van der Waals surface area contributed by atoms with Crippen LogP contribution >= 0.6 is 12.2 Å². The summed E-state index contributed by atoms with van der Waals surface area (Å²) >= 11 is 4.86. The van der Waals surface area contributed by atoms with Gasteiger partial charge in [0.1, 0.15) is 0 Å². The Labute approximate surface area is 103 Å². The summed E-state index contributed by atoms with van der Waals surface area (Å²) in [6, 6.07) is 0.469. The number of hydrogen-bond acceptors (Lipinski definition) is 4. The van der Waals surface area contributed by atoms with Gasteiger partial charge in [0.25, 0.3) is 0 Å². The molecule has 94 valence electrons. The first-order valence-corrected chi connectivity index (χ1v) is 6.25. The van der Waals surface area contributed by atoms with Gasteiger partial charge < -0.3 is 15.7 Å². The zero-order valence-corrected chi connectivity index (χ0v) is 11.0. The molecule has 0 saturated carbocycles. The van der Waals surface area contributed by atoms with Gasteiger partial charge in [-0.05, 0) is 39.9 Å². The van der Waals surface area contributed by atoms with Crippen LogP contribution in [-0.2, 0) is 0 Å². The van der Waals surface area contributed by atoms with Crippen LogP contribution in [0.2, 0.25) is 0 Å². The maximum absolute atomic E-state index is 9.68. The second-order valence-electron chi connectivity index (χ2n) is 4.87. The van der Waals surface area contributed by atoms with Crippen molar-refractivity contribution >= 4 is 17.2 Å². The van der Waals surface area contributed by atoms with E-state index in [0.717, 1.165) is 38.9 Å². The second-order valence-corrected chi connectivity index (χ2v) is 5.39. The maximum Gasteiger partial charge on any atom is 0.0727 e. The number of β-amino-alcohol motifs (C(OH)–C–C–N with tert-alkyl or cyclic N) is 1. The Bertz CT molecular complexity index is 235. The number of thiocarbonyl (C=S) groups is 1. The first-order chi connectivity index (χ1) is 7.49. The van der Waals surface area contributed by atoms with Crippen molar-refractivity contribution in [3.63, 3.8) is 0 Å². The molecular weight excluding hydrogens is 222 g/mol. The van der Waals surface area contributed by atoms with Crippen LogP contribution in [0.15, 0.2) is 0 Å². The average Bonchev–Trinajstić information content (AvgIpc) is 2.44. The van der Waals surface area contributed by atoms with Crippen LogP contribution in [-0.4, -0.2) is 65.8 Å². The average molecular weight is 245 g/mol. The van der Waals surface area contributed by atoms with Crippen molar-refractivity contribution in [2.24, 2.45) is 5.73 Å². The maximum atomic E-state index is 9.68. The quantitative estimate of drug-likeness (QED) is 0.648. The highest BCUT2D eigenvalue weighted by Gasteiger charge is 2.30. The highest BCUT2D eigenvalue weighted by molar-refractivity contribution is 7.80. The number of likely N-dealkylation sites (tertiary alicyclic amines) is 1. The summed E-state index contributed by atoms with van der Waals surface area (Å²) in [4.78, 5) is 5.11. The van der Waals surface area contributed by atoms with E-state index in [4.69, 9.17) is 18.0 Å². The van der Waals surface area contributed by atoms with E-state index in [2.05, 4.69) is 23.9 Å². The van der Waals surface area contributed by atoms with Gasteiger partial charge in [-0.15, -0.1) is 0 Å². The smallest absolute Gasteiger partial charge is 0.0727 e. The molecule has 16 heavy (non-hydrogen) atoms. The molecule has 1 rings (SSSR count). The van der Waals surface area contributed by atoms with Crippen LogP contribution < -0.4 is 5.73 Å². The van der Waals surface area contributed by atoms with Gasteiger partial charge in [-0.1, -0.05) is 12.2 Å². The number of nitrogens with two attached hydrogens (primary N) is 1. The summed E-state index contributed by atoms with van der Waals surface area (Å²) < 4.78 is 0. The summed E-state index contributed by atoms with van der Waals surface area (Å²) in [6.07, 6.45) is 2.50. The molecule has 1 heterocycles. The molecule has 0 aromatic rings. The molecule has 2 atom stereocenters. The van der Waals surface area contributed by atoms with Gasteiger partial charge in [0.05, 0.1) is 11.1 Å². The minimum atomic E-state index is -0.172. The SMILES string of the molecule is CN(C)CC1CC(O)CN1CCCC(N)=S. The molecule has 1 aliphatic rings. The number of hydrogen-bond donors (Lipinski definition) is 2. The monoisotopic (exact) mass is 245 g/mol. The lowest BCUT2D eigenvalue weighted by Crippen LogP contribution is -2.38. The highest BCUT2D eigenvalue weighted by atomic mass is 32.1. The topological polar surface area (TPSA) is 52.7 Å². The fourth-order valence-electron chi connectivity index (χ4n) is 2.30. The van der Waals surface area contributed by atoms with Crippen LogP contribution in [0, 0.1) is 0 Å². The van der Waals surface area contributed by atoms with Crippen LogP contribution in [0.4, 0.5) is 0 Å². The Kier molecular flexibility index (Phi) is 5.61. The zero-order valence-electron chi connectivity index (χ0n) is 10.2. The third kappa shape index (κ3) is 4.74. The van der Waals surface area contributed by atoms with E-state index >= 15 is 0 Å². The normalized spacial score (nSPS) is 26.5. The first kappa shape index (κ1) is 13.8. The molecule has 0 aliphatic carbocycles. The third-order valence-corrected chi connectivity index (χ3v) is 3.15. The summed E-state index contributed by atoms with van der Waals surface area (Å²) in [5, 5.41) is 9.68. The summed E-state index contributed by atoms with van der Waals surface area (Å²) in [5.74, 6) is 0. The molecule has 1 saturated heterocycles. The molecule has 0 bridgehead atoms. The van der Waals surface area contributed by atoms with Crippen molar-refractivity contribution < 1.29 is 5.11 Å². The molecule has 0 spiro atoms. The van der Waals surface area contributed by atoms with Gasteiger partial charge in [-0.25, -0.2) is 0 Å². The van der Waals surface area contributed by atoms with Gasteiger partial charge >= 0.3 is 0 Å². The fourth-order valence-corrected chi connectivity index (χ4v) is 2.44. The molecule has 2 unspecified atom stereocenters. The van der Waals surface area contributed by atoms with E-state index in [1.165, 1.54) is 0 Å². The molecule has 0 aromatic carbocycles. The minimum absolute atomic E-state index is 0.172. The Morgan fingerprint density at radius 2 is 2.25 bits per heavy atom. The number of likely N-dealkylation sites (N-methyl/N-ethyl adjacent to an activating group) is 1. The highest BCUT2D eigenvalue weighted by Crippen LogP contribution is 2.18. The van der Waals surface area contributed by atoms with Gasteiger partial charge in [-0.3, -0.25) is 4.90 Å².